The topological polar surface area (TPSA) is 98.8 Å². The molecular formula is C14H20N8S. The SMILES string of the molecule is CCNc1nc(NCC)nc(NNC(=S)Nc2ccccc2)n1. The minimum atomic E-state index is 0.365. The number of rotatable bonds is 7. The van der Waals surface area contributed by atoms with Crippen molar-refractivity contribution in [2.24, 2.45) is 0 Å². The van der Waals surface area contributed by atoms with Crippen molar-refractivity contribution in [3.63, 3.8) is 0 Å². The van der Waals surface area contributed by atoms with Gasteiger partial charge in [0.1, 0.15) is 0 Å². The summed E-state index contributed by atoms with van der Waals surface area (Å²) in [4.78, 5) is 12.7. The van der Waals surface area contributed by atoms with E-state index in [-0.39, 0.29) is 0 Å². The van der Waals surface area contributed by atoms with Crippen molar-refractivity contribution >= 4 is 40.9 Å². The first-order valence-corrected chi connectivity index (χ1v) is 7.74. The minimum Gasteiger partial charge on any atom is -0.354 e. The van der Waals surface area contributed by atoms with Crippen LogP contribution in [0.2, 0.25) is 0 Å². The number of para-hydroxylation sites is 1. The molecule has 0 aliphatic heterocycles. The van der Waals surface area contributed by atoms with Crippen molar-refractivity contribution in [2.75, 3.05) is 34.5 Å². The Morgan fingerprint density at radius 1 is 0.913 bits per heavy atom. The lowest BCUT2D eigenvalue weighted by atomic mass is 10.3. The smallest absolute Gasteiger partial charge is 0.248 e. The van der Waals surface area contributed by atoms with Gasteiger partial charge in [-0.05, 0) is 38.2 Å². The summed E-state index contributed by atoms with van der Waals surface area (Å²) in [6.45, 7) is 5.38. The van der Waals surface area contributed by atoms with E-state index in [0.29, 0.717) is 23.0 Å². The first-order valence-electron chi connectivity index (χ1n) is 7.33. The number of anilines is 4. The fourth-order valence-corrected chi connectivity index (χ4v) is 1.87. The Morgan fingerprint density at radius 2 is 1.48 bits per heavy atom. The highest BCUT2D eigenvalue weighted by Gasteiger charge is 2.05. The highest BCUT2D eigenvalue weighted by Crippen LogP contribution is 2.08. The Bertz CT molecular complexity index is 610. The van der Waals surface area contributed by atoms with E-state index in [9.17, 15) is 0 Å². The molecule has 2 aromatic rings. The first-order chi connectivity index (χ1) is 11.2. The molecule has 0 fully saturated rings. The van der Waals surface area contributed by atoms with Crippen LogP contribution in [0, 0.1) is 0 Å². The summed E-state index contributed by atoms with van der Waals surface area (Å²) in [7, 11) is 0. The second-order valence-corrected chi connectivity index (χ2v) is 4.85. The van der Waals surface area contributed by atoms with Gasteiger partial charge >= 0.3 is 0 Å². The summed E-state index contributed by atoms with van der Waals surface area (Å²) >= 11 is 5.22. The van der Waals surface area contributed by atoms with Crippen LogP contribution in [0.1, 0.15) is 13.8 Å². The van der Waals surface area contributed by atoms with Gasteiger partial charge in [0, 0.05) is 18.8 Å². The second kappa shape index (κ2) is 8.69. The minimum absolute atomic E-state index is 0.365. The predicted molar refractivity (Wildman–Crippen MR) is 97.6 cm³/mol. The molecule has 2 rings (SSSR count). The van der Waals surface area contributed by atoms with E-state index in [4.69, 9.17) is 12.2 Å². The number of hydrogen-bond donors (Lipinski definition) is 5. The van der Waals surface area contributed by atoms with E-state index in [1.807, 2.05) is 44.2 Å². The van der Waals surface area contributed by atoms with Gasteiger partial charge in [0.05, 0.1) is 0 Å². The average Bonchev–Trinajstić information content (AvgIpc) is 2.54. The Kier molecular flexibility index (Phi) is 6.30. The zero-order valence-electron chi connectivity index (χ0n) is 13.1. The average molecular weight is 332 g/mol. The zero-order chi connectivity index (χ0) is 16.5. The Hall–Kier alpha value is -2.68. The van der Waals surface area contributed by atoms with Crippen molar-refractivity contribution in [3.05, 3.63) is 30.3 Å². The summed E-state index contributed by atoms with van der Waals surface area (Å²) in [6, 6.07) is 9.63. The fraction of sp³-hybridized carbons (Fsp3) is 0.286. The molecule has 0 radical (unpaired) electrons. The third-order valence-electron chi connectivity index (χ3n) is 2.62. The standard InChI is InChI=1S/C14H20N8S/c1-3-15-11-18-12(16-4-2)20-13(19-11)21-22-14(23)17-10-8-6-5-7-9-10/h5-9H,3-4H2,1-2H3,(H2,17,22,23)(H3,15,16,18,19,20,21). The maximum absolute atomic E-state index is 5.22. The Balaban J connectivity index is 1.97. The lowest BCUT2D eigenvalue weighted by Gasteiger charge is -2.13. The lowest BCUT2D eigenvalue weighted by Crippen LogP contribution is -2.34. The van der Waals surface area contributed by atoms with Crippen molar-refractivity contribution < 1.29 is 0 Å². The third kappa shape index (κ3) is 5.55. The van der Waals surface area contributed by atoms with Gasteiger partial charge in [-0.15, -0.1) is 0 Å². The highest BCUT2D eigenvalue weighted by atomic mass is 32.1. The van der Waals surface area contributed by atoms with Gasteiger partial charge in [-0.3, -0.25) is 10.9 Å². The highest BCUT2D eigenvalue weighted by molar-refractivity contribution is 7.80. The molecule has 0 bridgehead atoms. The molecule has 0 aliphatic rings. The van der Waals surface area contributed by atoms with Crippen LogP contribution >= 0.6 is 12.2 Å². The van der Waals surface area contributed by atoms with Crippen LogP contribution in [0.3, 0.4) is 0 Å². The predicted octanol–water partition coefficient (Wildman–Crippen LogP) is 2.05. The van der Waals surface area contributed by atoms with Gasteiger partial charge in [-0.1, -0.05) is 18.2 Å². The van der Waals surface area contributed by atoms with Gasteiger partial charge in [0.25, 0.3) is 0 Å². The molecule has 0 saturated heterocycles. The van der Waals surface area contributed by atoms with Crippen LogP contribution in [0.5, 0.6) is 0 Å². The molecule has 0 spiro atoms. The Morgan fingerprint density at radius 3 is 2.04 bits per heavy atom. The van der Waals surface area contributed by atoms with Crippen LogP contribution in [0.15, 0.2) is 30.3 Å². The molecule has 23 heavy (non-hydrogen) atoms. The van der Waals surface area contributed by atoms with Gasteiger partial charge in [-0.25, -0.2) is 0 Å². The molecule has 9 heteroatoms. The molecule has 1 heterocycles. The Labute approximate surface area is 140 Å². The van der Waals surface area contributed by atoms with E-state index in [0.717, 1.165) is 18.8 Å². The van der Waals surface area contributed by atoms with Crippen molar-refractivity contribution in [1.82, 2.24) is 20.4 Å². The molecular weight excluding hydrogens is 312 g/mol. The molecule has 0 atom stereocenters. The van der Waals surface area contributed by atoms with Crippen molar-refractivity contribution in [1.29, 1.82) is 0 Å². The van der Waals surface area contributed by atoms with Gasteiger partial charge in [0.2, 0.25) is 17.8 Å². The molecule has 1 aromatic heterocycles. The number of benzene rings is 1. The zero-order valence-corrected chi connectivity index (χ0v) is 13.9. The molecule has 0 saturated carbocycles. The summed E-state index contributed by atoms with van der Waals surface area (Å²) in [6.07, 6.45) is 0. The molecule has 8 nitrogen and oxygen atoms in total. The van der Waals surface area contributed by atoms with Gasteiger partial charge in [0.15, 0.2) is 5.11 Å². The van der Waals surface area contributed by atoms with Crippen LogP contribution in [0.4, 0.5) is 23.5 Å². The van der Waals surface area contributed by atoms with E-state index in [1.165, 1.54) is 0 Å². The molecule has 1 aromatic carbocycles. The summed E-state index contributed by atoms with van der Waals surface area (Å²) in [5, 5.41) is 9.57. The van der Waals surface area contributed by atoms with E-state index >= 15 is 0 Å². The number of aromatic nitrogens is 3. The van der Waals surface area contributed by atoms with Crippen LogP contribution in [-0.2, 0) is 0 Å². The number of hydrazine groups is 1. The van der Waals surface area contributed by atoms with E-state index in [1.54, 1.807) is 0 Å². The summed E-state index contributed by atoms with van der Waals surface area (Å²) in [5.74, 6) is 1.35. The number of nitrogens with one attached hydrogen (secondary N) is 5. The first kappa shape index (κ1) is 16.7. The monoisotopic (exact) mass is 332 g/mol. The molecule has 122 valence electrons. The number of hydrogen-bond acceptors (Lipinski definition) is 7. The van der Waals surface area contributed by atoms with Crippen LogP contribution in [-0.4, -0.2) is 33.2 Å². The summed E-state index contributed by atoms with van der Waals surface area (Å²) < 4.78 is 0. The third-order valence-corrected chi connectivity index (χ3v) is 2.83. The summed E-state index contributed by atoms with van der Waals surface area (Å²) in [5.41, 5.74) is 6.61. The van der Waals surface area contributed by atoms with Gasteiger partial charge < -0.3 is 16.0 Å². The molecule has 0 unspecified atom stereocenters. The fourth-order valence-electron chi connectivity index (χ4n) is 1.70. The number of thiocarbonyl (C=S) groups is 1. The van der Waals surface area contributed by atoms with Gasteiger partial charge in [-0.2, -0.15) is 15.0 Å². The molecule has 0 aliphatic carbocycles. The van der Waals surface area contributed by atoms with E-state index < -0.39 is 0 Å². The molecule has 0 amide bonds. The lowest BCUT2D eigenvalue weighted by molar-refractivity contribution is 0.968. The largest absolute Gasteiger partial charge is 0.354 e. The number of nitrogens with zero attached hydrogens (tertiary/aromatic N) is 3. The van der Waals surface area contributed by atoms with Crippen molar-refractivity contribution in [2.45, 2.75) is 13.8 Å². The van der Waals surface area contributed by atoms with E-state index in [2.05, 4.69) is 41.8 Å². The van der Waals surface area contributed by atoms with Crippen LogP contribution in [0.25, 0.3) is 0 Å². The quantitative estimate of drug-likeness (QED) is 0.385. The second-order valence-electron chi connectivity index (χ2n) is 4.44. The molecule has 5 N–H and O–H groups in total. The van der Waals surface area contributed by atoms with Crippen LogP contribution < -0.4 is 26.8 Å². The maximum atomic E-state index is 5.22. The van der Waals surface area contributed by atoms with Crippen molar-refractivity contribution in [3.8, 4) is 0 Å². The normalized spacial score (nSPS) is 9.83. The maximum Gasteiger partial charge on any atom is 0.248 e.